The summed E-state index contributed by atoms with van der Waals surface area (Å²) in [5, 5.41) is 14.7. The number of nitrogens with two attached hydrogens (primary N) is 1. The van der Waals surface area contributed by atoms with Crippen molar-refractivity contribution in [1.82, 2.24) is 10.6 Å². The predicted molar refractivity (Wildman–Crippen MR) is 44.6 cm³/mol. The van der Waals surface area contributed by atoms with Gasteiger partial charge in [0.25, 0.3) is 0 Å². The SMILES string of the molecule is NCCCC1NC[C@@H](C(=O)O)N1. The fourth-order valence-corrected chi connectivity index (χ4v) is 1.29. The van der Waals surface area contributed by atoms with Crippen LogP contribution in [0.4, 0.5) is 0 Å². The quantitative estimate of drug-likeness (QED) is 0.424. The zero-order chi connectivity index (χ0) is 8.97. The molecule has 1 fully saturated rings. The van der Waals surface area contributed by atoms with Crippen LogP contribution in [0.25, 0.3) is 0 Å². The maximum absolute atomic E-state index is 10.5. The van der Waals surface area contributed by atoms with Crippen molar-refractivity contribution in [3.63, 3.8) is 0 Å². The summed E-state index contributed by atoms with van der Waals surface area (Å²) in [7, 11) is 0. The van der Waals surface area contributed by atoms with Crippen LogP contribution in [0.2, 0.25) is 0 Å². The lowest BCUT2D eigenvalue weighted by Crippen LogP contribution is -2.37. The first-order valence-corrected chi connectivity index (χ1v) is 4.16. The molecule has 70 valence electrons. The smallest absolute Gasteiger partial charge is 0.322 e. The summed E-state index contributed by atoms with van der Waals surface area (Å²) < 4.78 is 0. The lowest BCUT2D eigenvalue weighted by Gasteiger charge is -2.09. The van der Waals surface area contributed by atoms with Crippen LogP contribution in [0, 0.1) is 0 Å². The van der Waals surface area contributed by atoms with E-state index in [-0.39, 0.29) is 6.17 Å². The third kappa shape index (κ3) is 2.44. The van der Waals surface area contributed by atoms with Crippen LogP contribution >= 0.6 is 0 Å². The van der Waals surface area contributed by atoms with Gasteiger partial charge in [-0.2, -0.15) is 0 Å². The third-order valence-corrected chi connectivity index (χ3v) is 1.97. The highest BCUT2D eigenvalue weighted by molar-refractivity contribution is 5.74. The molecule has 0 amide bonds. The molecule has 0 aliphatic carbocycles. The van der Waals surface area contributed by atoms with E-state index in [0.717, 1.165) is 12.8 Å². The number of carboxylic acids is 1. The van der Waals surface area contributed by atoms with Gasteiger partial charge in [0.05, 0.1) is 6.17 Å². The van der Waals surface area contributed by atoms with Gasteiger partial charge in [-0.15, -0.1) is 0 Å². The number of carboxylic acid groups (broad SMARTS) is 1. The lowest BCUT2D eigenvalue weighted by atomic mass is 10.2. The average molecular weight is 173 g/mol. The monoisotopic (exact) mass is 173 g/mol. The first-order chi connectivity index (χ1) is 5.74. The Morgan fingerprint density at radius 3 is 2.92 bits per heavy atom. The third-order valence-electron chi connectivity index (χ3n) is 1.97. The zero-order valence-corrected chi connectivity index (χ0v) is 6.92. The van der Waals surface area contributed by atoms with Crippen LogP contribution in [0.15, 0.2) is 0 Å². The highest BCUT2D eigenvalue weighted by Crippen LogP contribution is 2.01. The molecule has 0 bridgehead atoms. The molecule has 0 aromatic rings. The summed E-state index contributed by atoms with van der Waals surface area (Å²) >= 11 is 0. The van der Waals surface area contributed by atoms with E-state index in [4.69, 9.17) is 10.8 Å². The number of hydrogen-bond acceptors (Lipinski definition) is 4. The maximum atomic E-state index is 10.5. The van der Waals surface area contributed by atoms with Crippen molar-refractivity contribution < 1.29 is 9.90 Å². The Labute approximate surface area is 71.3 Å². The summed E-state index contributed by atoms with van der Waals surface area (Å²) in [4.78, 5) is 10.5. The van der Waals surface area contributed by atoms with E-state index in [9.17, 15) is 4.79 Å². The van der Waals surface area contributed by atoms with E-state index in [2.05, 4.69) is 10.6 Å². The molecule has 0 radical (unpaired) electrons. The summed E-state index contributed by atoms with van der Waals surface area (Å²) in [6, 6.07) is -0.437. The van der Waals surface area contributed by atoms with Crippen molar-refractivity contribution in [1.29, 1.82) is 0 Å². The molecule has 1 heterocycles. The van der Waals surface area contributed by atoms with Gasteiger partial charge in [0.2, 0.25) is 0 Å². The van der Waals surface area contributed by atoms with Crippen molar-refractivity contribution in [2.45, 2.75) is 25.0 Å². The Hall–Kier alpha value is -0.650. The van der Waals surface area contributed by atoms with Crippen LogP contribution in [-0.2, 0) is 4.79 Å². The number of rotatable bonds is 4. The van der Waals surface area contributed by atoms with Crippen LogP contribution in [0.5, 0.6) is 0 Å². The molecular weight excluding hydrogens is 158 g/mol. The van der Waals surface area contributed by atoms with Gasteiger partial charge in [-0.25, -0.2) is 0 Å². The van der Waals surface area contributed by atoms with Crippen LogP contribution in [-0.4, -0.2) is 36.4 Å². The zero-order valence-electron chi connectivity index (χ0n) is 6.92. The number of carbonyl (C=O) groups is 1. The van der Waals surface area contributed by atoms with Crippen molar-refractivity contribution >= 4 is 5.97 Å². The van der Waals surface area contributed by atoms with Crippen LogP contribution < -0.4 is 16.4 Å². The normalized spacial score (nSPS) is 29.1. The number of hydrogen-bond donors (Lipinski definition) is 4. The first kappa shape index (κ1) is 9.44. The Morgan fingerprint density at radius 2 is 2.42 bits per heavy atom. The molecule has 1 aliphatic heterocycles. The van der Waals surface area contributed by atoms with E-state index in [1.807, 2.05) is 0 Å². The van der Waals surface area contributed by atoms with Crippen molar-refractivity contribution in [2.75, 3.05) is 13.1 Å². The second-order valence-electron chi connectivity index (χ2n) is 2.95. The van der Waals surface area contributed by atoms with Gasteiger partial charge < -0.3 is 10.8 Å². The number of aliphatic carboxylic acids is 1. The van der Waals surface area contributed by atoms with Gasteiger partial charge in [0.15, 0.2) is 0 Å². The summed E-state index contributed by atoms with van der Waals surface area (Å²) in [5.41, 5.74) is 5.33. The van der Waals surface area contributed by atoms with Gasteiger partial charge >= 0.3 is 5.97 Å². The van der Waals surface area contributed by atoms with Crippen molar-refractivity contribution in [3.8, 4) is 0 Å². The van der Waals surface area contributed by atoms with Crippen molar-refractivity contribution in [3.05, 3.63) is 0 Å². The summed E-state index contributed by atoms with van der Waals surface area (Å²) in [5.74, 6) is -0.794. The highest BCUT2D eigenvalue weighted by Gasteiger charge is 2.27. The van der Waals surface area contributed by atoms with E-state index in [0.29, 0.717) is 13.1 Å². The van der Waals surface area contributed by atoms with Gasteiger partial charge in [0.1, 0.15) is 6.04 Å². The molecule has 12 heavy (non-hydrogen) atoms. The molecule has 0 aromatic heterocycles. The first-order valence-electron chi connectivity index (χ1n) is 4.16. The van der Waals surface area contributed by atoms with E-state index < -0.39 is 12.0 Å². The average Bonchev–Trinajstić information content (AvgIpc) is 2.48. The van der Waals surface area contributed by atoms with Crippen molar-refractivity contribution in [2.24, 2.45) is 5.73 Å². The summed E-state index contributed by atoms with van der Waals surface area (Å²) in [6.07, 6.45) is 1.92. The maximum Gasteiger partial charge on any atom is 0.322 e. The van der Waals surface area contributed by atoms with Gasteiger partial charge in [-0.1, -0.05) is 0 Å². The minimum atomic E-state index is -0.794. The molecule has 1 saturated heterocycles. The summed E-state index contributed by atoms with van der Waals surface area (Å²) in [6.45, 7) is 1.15. The molecule has 0 aromatic carbocycles. The fraction of sp³-hybridized carbons (Fsp3) is 0.857. The van der Waals surface area contributed by atoms with Gasteiger partial charge in [-0.3, -0.25) is 15.4 Å². The van der Waals surface area contributed by atoms with Gasteiger partial charge in [-0.05, 0) is 19.4 Å². The topological polar surface area (TPSA) is 87.4 Å². The number of nitrogens with one attached hydrogen (secondary N) is 2. The van der Waals surface area contributed by atoms with E-state index in [1.54, 1.807) is 0 Å². The lowest BCUT2D eigenvalue weighted by molar-refractivity contribution is -0.138. The van der Waals surface area contributed by atoms with Crippen LogP contribution in [0.3, 0.4) is 0 Å². The Morgan fingerprint density at radius 1 is 1.67 bits per heavy atom. The minimum absolute atomic E-state index is 0.120. The second-order valence-corrected chi connectivity index (χ2v) is 2.95. The molecule has 1 aliphatic rings. The Bertz CT molecular complexity index is 163. The highest BCUT2D eigenvalue weighted by atomic mass is 16.4. The minimum Gasteiger partial charge on any atom is -0.480 e. The molecule has 0 saturated carbocycles. The molecule has 0 spiro atoms. The molecule has 1 rings (SSSR count). The molecule has 2 atom stereocenters. The molecular formula is C7H15N3O2. The second kappa shape index (κ2) is 4.39. The van der Waals surface area contributed by atoms with E-state index in [1.165, 1.54) is 0 Å². The molecule has 1 unspecified atom stereocenters. The van der Waals surface area contributed by atoms with Gasteiger partial charge in [0, 0.05) is 6.54 Å². The molecule has 5 heteroatoms. The Kier molecular flexibility index (Phi) is 3.46. The standard InChI is InChI=1S/C7H15N3O2/c8-3-1-2-6-9-4-5(10-6)7(11)12/h5-6,9-10H,1-4,8H2,(H,11,12)/t5-,6?/m0/s1. The Balaban J connectivity index is 2.21. The fourth-order valence-electron chi connectivity index (χ4n) is 1.29. The molecule has 5 nitrogen and oxygen atoms in total. The largest absolute Gasteiger partial charge is 0.480 e. The van der Waals surface area contributed by atoms with Crippen LogP contribution in [0.1, 0.15) is 12.8 Å². The predicted octanol–water partition coefficient (Wildman–Crippen LogP) is -1.30. The van der Waals surface area contributed by atoms with E-state index >= 15 is 0 Å². The molecule has 5 N–H and O–H groups in total.